The van der Waals surface area contributed by atoms with Crippen LogP contribution in [0.15, 0.2) is 158 Å². The molecule has 4 heteroatoms. The van der Waals surface area contributed by atoms with Crippen LogP contribution >= 0.6 is 11.3 Å². The first-order valence-corrected chi connectivity index (χ1v) is 18.9. The fraction of sp³-hybridized carbons (Fsp3) is 0.0816. The highest BCUT2D eigenvalue weighted by molar-refractivity contribution is 7.26. The molecule has 2 heterocycles. The fourth-order valence-corrected chi connectivity index (χ4v) is 8.99. The summed E-state index contributed by atoms with van der Waals surface area (Å²) in [4.78, 5) is 15.8. The van der Waals surface area contributed by atoms with Gasteiger partial charge in [-0.05, 0) is 78.7 Å². The van der Waals surface area contributed by atoms with Crippen molar-refractivity contribution in [3.05, 3.63) is 163 Å². The number of hydrogen-bond acceptors (Lipinski definition) is 4. The van der Waals surface area contributed by atoms with Crippen LogP contribution in [0.1, 0.15) is 26.3 Å². The van der Waals surface area contributed by atoms with Crippen LogP contribution in [0.25, 0.3) is 97.8 Å². The lowest BCUT2D eigenvalue weighted by molar-refractivity contribution is 0.591. The zero-order chi connectivity index (χ0) is 35.7. The van der Waals surface area contributed by atoms with Crippen molar-refractivity contribution in [3.8, 4) is 45.3 Å². The van der Waals surface area contributed by atoms with Gasteiger partial charge in [0.25, 0.3) is 0 Å². The quantitative estimate of drug-likeness (QED) is 0.172. The number of nitrogens with zero attached hydrogens (tertiary/aromatic N) is 3. The molecule has 0 bridgehead atoms. The van der Waals surface area contributed by atoms with E-state index in [1.54, 1.807) is 11.3 Å². The number of benzene rings is 8. The summed E-state index contributed by atoms with van der Waals surface area (Å²) >= 11 is 1.79. The molecule has 2 aromatic heterocycles. The highest BCUT2D eigenvalue weighted by atomic mass is 32.1. The summed E-state index contributed by atoms with van der Waals surface area (Å²) in [5, 5.41) is 9.90. The van der Waals surface area contributed by atoms with Gasteiger partial charge in [-0.3, -0.25) is 0 Å². The Balaban J connectivity index is 1.24. The SMILES string of the molecule is CC(C)(C)c1ccc2c3ccc(-c4nc(-c5ccccc5-c5ccccc5)nc(-c5cccc6c5sc5ccccc56)n4)cc3c3ccccc3c2c1. The number of hydrogen-bond donors (Lipinski definition) is 0. The molecule has 0 saturated heterocycles. The van der Waals surface area contributed by atoms with Crippen LogP contribution in [0.3, 0.4) is 0 Å². The molecule has 3 nitrogen and oxygen atoms in total. The Morgan fingerprint density at radius 1 is 0.377 bits per heavy atom. The van der Waals surface area contributed by atoms with Crippen molar-refractivity contribution in [3.63, 3.8) is 0 Å². The molecule has 0 radical (unpaired) electrons. The lowest BCUT2D eigenvalue weighted by Gasteiger charge is -2.21. The van der Waals surface area contributed by atoms with E-state index in [1.807, 2.05) is 6.07 Å². The van der Waals surface area contributed by atoms with Crippen LogP contribution in [0.5, 0.6) is 0 Å². The van der Waals surface area contributed by atoms with E-state index in [0.29, 0.717) is 17.5 Å². The summed E-state index contributed by atoms with van der Waals surface area (Å²) in [6.45, 7) is 6.83. The highest BCUT2D eigenvalue weighted by Gasteiger charge is 2.20. The summed E-state index contributed by atoms with van der Waals surface area (Å²) in [5.41, 5.74) is 6.54. The first-order valence-electron chi connectivity index (χ1n) is 18.1. The molecule has 0 fully saturated rings. The molecule has 0 spiro atoms. The zero-order valence-electron chi connectivity index (χ0n) is 29.8. The van der Waals surface area contributed by atoms with Gasteiger partial charge in [-0.25, -0.2) is 15.0 Å². The maximum absolute atomic E-state index is 5.29. The van der Waals surface area contributed by atoms with E-state index in [9.17, 15) is 0 Å². The first-order chi connectivity index (χ1) is 25.9. The minimum absolute atomic E-state index is 0.0570. The Hall–Kier alpha value is -6.23. The Morgan fingerprint density at radius 2 is 0.925 bits per heavy atom. The monoisotopic (exact) mass is 697 g/mol. The average Bonchev–Trinajstić information content (AvgIpc) is 3.59. The van der Waals surface area contributed by atoms with Crippen molar-refractivity contribution in [1.82, 2.24) is 15.0 Å². The van der Waals surface area contributed by atoms with Gasteiger partial charge in [0.15, 0.2) is 17.5 Å². The van der Waals surface area contributed by atoms with Crippen molar-refractivity contribution in [1.29, 1.82) is 0 Å². The van der Waals surface area contributed by atoms with Gasteiger partial charge in [-0.2, -0.15) is 0 Å². The highest BCUT2D eigenvalue weighted by Crippen LogP contribution is 2.42. The Kier molecular flexibility index (Phi) is 7.24. The lowest BCUT2D eigenvalue weighted by Crippen LogP contribution is -2.10. The average molecular weight is 698 g/mol. The van der Waals surface area contributed by atoms with Crippen LogP contribution in [-0.4, -0.2) is 15.0 Å². The van der Waals surface area contributed by atoms with E-state index in [-0.39, 0.29) is 5.41 Å². The normalized spacial score (nSPS) is 12.1. The number of aromatic nitrogens is 3. The van der Waals surface area contributed by atoms with Gasteiger partial charge in [0.05, 0.1) is 0 Å². The van der Waals surface area contributed by atoms with Crippen LogP contribution in [0, 0.1) is 0 Å². The summed E-state index contributed by atoms with van der Waals surface area (Å²) in [6.07, 6.45) is 0. The van der Waals surface area contributed by atoms with Gasteiger partial charge in [0.1, 0.15) is 0 Å². The Morgan fingerprint density at radius 3 is 1.68 bits per heavy atom. The molecule has 252 valence electrons. The van der Waals surface area contributed by atoms with Crippen molar-refractivity contribution in [2.45, 2.75) is 26.2 Å². The molecule has 0 amide bonds. The molecule has 0 unspecified atom stereocenters. The molecule has 0 aliphatic rings. The second kappa shape index (κ2) is 12.2. The van der Waals surface area contributed by atoms with Gasteiger partial charge >= 0.3 is 0 Å². The van der Waals surface area contributed by atoms with Gasteiger partial charge in [0.2, 0.25) is 0 Å². The van der Waals surface area contributed by atoms with Gasteiger partial charge in [-0.15, -0.1) is 11.3 Å². The van der Waals surface area contributed by atoms with Crippen LogP contribution in [0.4, 0.5) is 0 Å². The van der Waals surface area contributed by atoms with Crippen molar-refractivity contribution >= 4 is 63.8 Å². The minimum atomic E-state index is 0.0570. The number of fused-ring (bicyclic) bond motifs is 9. The zero-order valence-corrected chi connectivity index (χ0v) is 30.6. The predicted octanol–water partition coefficient (Wildman–Crippen LogP) is 13.7. The van der Waals surface area contributed by atoms with E-state index < -0.39 is 0 Å². The third kappa shape index (κ3) is 5.29. The first kappa shape index (κ1) is 31.5. The van der Waals surface area contributed by atoms with Crippen LogP contribution in [0.2, 0.25) is 0 Å². The summed E-state index contributed by atoms with van der Waals surface area (Å²) in [5.74, 6) is 1.98. The third-order valence-electron chi connectivity index (χ3n) is 10.5. The van der Waals surface area contributed by atoms with Gasteiger partial charge in [0, 0.05) is 36.9 Å². The van der Waals surface area contributed by atoms with E-state index in [0.717, 1.165) is 27.8 Å². The molecular weight excluding hydrogens is 663 g/mol. The van der Waals surface area contributed by atoms with Crippen molar-refractivity contribution in [2.75, 3.05) is 0 Å². The molecular formula is C49H35N3S. The number of rotatable bonds is 4. The second-order valence-electron chi connectivity index (χ2n) is 14.8. The summed E-state index contributed by atoms with van der Waals surface area (Å²) in [6, 6.07) is 56.4. The van der Waals surface area contributed by atoms with Crippen LogP contribution in [-0.2, 0) is 5.41 Å². The molecule has 10 aromatic rings. The van der Waals surface area contributed by atoms with Gasteiger partial charge < -0.3 is 0 Å². The Bertz CT molecular complexity index is 3020. The van der Waals surface area contributed by atoms with Crippen molar-refractivity contribution in [2.24, 2.45) is 0 Å². The largest absolute Gasteiger partial charge is 0.208 e. The molecule has 53 heavy (non-hydrogen) atoms. The molecule has 0 saturated carbocycles. The van der Waals surface area contributed by atoms with Gasteiger partial charge in [-0.1, -0.05) is 154 Å². The fourth-order valence-electron chi connectivity index (χ4n) is 7.78. The molecule has 0 aliphatic heterocycles. The van der Waals surface area contributed by atoms with E-state index >= 15 is 0 Å². The van der Waals surface area contributed by atoms with E-state index in [1.165, 1.54) is 58.1 Å². The lowest BCUT2D eigenvalue weighted by atomic mass is 9.84. The Labute approximate surface area is 312 Å². The van der Waals surface area contributed by atoms with Crippen molar-refractivity contribution < 1.29 is 0 Å². The van der Waals surface area contributed by atoms with E-state index in [2.05, 4.69) is 172 Å². The number of thiophene rings is 1. The topological polar surface area (TPSA) is 38.7 Å². The smallest absolute Gasteiger partial charge is 0.165 e. The van der Waals surface area contributed by atoms with Crippen LogP contribution < -0.4 is 0 Å². The van der Waals surface area contributed by atoms with E-state index in [4.69, 9.17) is 15.0 Å². The third-order valence-corrected chi connectivity index (χ3v) is 11.7. The second-order valence-corrected chi connectivity index (χ2v) is 15.9. The standard InChI is InChI=1S/C49H35N3S/c1-49(2,3)32-25-27-37-36-26-24-31(28-42(36)34-17-8-9-18-35(34)43(37)29-32)46-50-47(40-20-10-7-16-33(40)30-14-5-4-6-15-30)52-48(51-46)41-22-13-21-39-38-19-11-12-23-44(38)53-45(39)41/h4-29H,1-3H3. The predicted molar refractivity (Wildman–Crippen MR) is 226 cm³/mol. The molecule has 8 aromatic carbocycles. The molecule has 0 aliphatic carbocycles. The minimum Gasteiger partial charge on any atom is -0.208 e. The molecule has 0 atom stereocenters. The summed E-state index contributed by atoms with van der Waals surface area (Å²) < 4.78 is 2.43. The summed E-state index contributed by atoms with van der Waals surface area (Å²) in [7, 11) is 0. The maximum atomic E-state index is 5.29. The molecule has 0 N–H and O–H groups in total. The molecule has 10 rings (SSSR count). The maximum Gasteiger partial charge on any atom is 0.165 e.